The van der Waals surface area contributed by atoms with Crippen LogP contribution >= 0.6 is 0 Å². The molecule has 0 amide bonds. The van der Waals surface area contributed by atoms with E-state index in [1.165, 1.54) is 21.9 Å². The number of para-hydroxylation sites is 2. The molecule has 0 spiro atoms. The second kappa shape index (κ2) is 13.3. The van der Waals surface area contributed by atoms with Crippen molar-refractivity contribution in [3.8, 4) is 27.9 Å². The van der Waals surface area contributed by atoms with Crippen LogP contribution in [-0.2, 0) is 0 Å². The minimum absolute atomic E-state index is 0.114. The lowest BCUT2D eigenvalue weighted by Crippen LogP contribution is -2.44. The van der Waals surface area contributed by atoms with Crippen molar-refractivity contribution < 1.29 is 4.42 Å². The summed E-state index contributed by atoms with van der Waals surface area (Å²) < 4.78 is 8.90. The van der Waals surface area contributed by atoms with Crippen LogP contribution in [0.25, 0.3) is 71.7 Å². The zero-order valence-electron chi connectivity index (χ0n) is 30.4. The van der Waals surface area contributed by atoms with Gasteiger partial charge in [0.2, 0.25) is 0 Å². The maximum absolute atomic E-state index is 6.51. The minimum atomic E-state index is -0.273. The topological polar surface area (TPSA) is 54.5 Å². The van der Waals surface area contributed by atoms with E-state index >= 15 is 0 Å². The molecule has 2 atom stereocenters. The number of hydrogen-bond donors (Lipinski definition) is 2. The van der Waals surface area contributed by atoms with Gasteiger partial charge in [0.1, 0.15) is 29.3 Å². The Morgan fingerprint density at radius 1 is 0.464 bits per heavy atom. The Morgan fingerprint density at radius 2 is 1.09 bits per heavy atom. The number of benzene rings is 8. The first-order valence-corrected chi connectivity index (χ1v) is 19.1. The predicted molar refractivity (Wildman–Crippen MR) is 230 cm³/mol. The highest BCUT2D eigenvalue weighted by Crippen LogP contribution is 2.41. The Bertz CT molecular complexity index is 3090. The van der Waals surface area contributed by atoms with Crippen molar-refractivity contribution in [3.63, 3.8) is 0 Å². The van der Waals surface area contributed by atoms with Gasteiger partial charge in [0.25, 0.3) is 0 Å². The average molecular weight is 721 g/mol. The van der Waals surface area contributed by atoms with Gasteiger partial charge in [0.05, 0.1) is 11.0 Å². The normalized spacial score (nSPS) is 15.7. The second-order valence-corrected chi connectivity index (χ2v) is 14.4. The van der Waals surface area contributed by atoms with Crippen molar-refractivity contribution in [2.45, 2.75) is 12.3 Å². The zero-order chi connectivity index (χ0) is 37.0. The standard InChI is InChI=1S/C51H36N4O/c1-4-14-33(15-5-1)36-26-28-45-43(31-36)44-32-37(40-23-13-24-42-41-22-10-11-25-47(41)56-48(40)42)27-29-46(44)55(45)39-21-12-20-38(30-39)51-53-49(34-16-6-2-7-17-34)52-50(54-51)35-18-8-3-9-19-35/h1-32,49,51,53H,(H,52,54). The van der Waals surface area contributed by atoms with Gasteiger partial charge in [-0.1, -0.05) is 152 Å². The first-order chi connectivity index (χ1) is 27.7. The molecule has 1 aliphatic rings. The number of fused-ring (bicyclic) bond motifs is 6. The summed E-state index contributed by atoms with van der Waals surface area (Å²) in [4.78, 5) is 5.25. The molecule has 1 aliphatic heterocycles. The van der Waals surface area contributed by atoms with Gasteiger partial charge in [-0.2, -0.15) is 0 Å². The molecular formula is C51H36N4O. The zero-order valence-corrected chi connectivity index (χ0v) is 30.4. The second-order valence-electron chi connectivity index (χ2n) is 14.4. The molecule has 0 bridgehead atoms. The Balaban J connectivity index is 1.08. The van der Waals surface area contributed by atoms with E-state index in [9.17, 15) is 0 Å². The van der Waals surface area contributed by atoms with E-state index in [1.807, 2.05) is 18.2 Å². The van der Waals surface area contributed by atoms with Crippen LogP contribution in [0.3, 0.4) is 0 Å². The van der Waals surface area contributed by atoms with Gasteiger partial charge in [0, 0.05) is 38.4 Å². The number of hydrogen-bond acceptors (Lipinski definition) is 4. The molecule has 0 saturated heterocycles. The molecule has 0 radical (unpaired) electrons. The number of nitrogens with one attached hydrogen (secondary N) is 2. The van der Waals surface area contributed by atoms with E-state index in [2.05, 4.69) is 191 Å². The number of nitrogens with zero attached hydrogens (tertiary/aromatic N) is 2. The molecule has 266 valence electrons. The van der Waals surface area contributed by atoms with E-state index in [1.54, 1.807) is 0 Å². The third-order valence-corrected chi connectivity index (χ3v) is 11.1. The highest BCUT2D eigenvalue weighted by atomic mass is 16.3. The third kappa shape index (κ3) is 5.48. The van der Waals surface area contributed by atoms with Crippen LogP contribution in [0.2, 0.25) is 0 Å². The van der Waals surface area contributed by atoms with E-state index in [-0.39, 0.29) is 12.3 Å². The molecule has 56 heavy (non-hydrogen) atoms. The summed E-state index contributed by atoms with van der Waals surface area (Å²) in [7, 11) is 0. The quantitative estimate of drug-likeness (QED) is 0.180. The van der Waals surface area contributed by atoms with E-state index in [4.69, 9.17) is 9.41 Å². The molecular weight excluding hydrogens is 685 g/mol. The van der Waals surface area contributed by atoms with Gasteiger partial charge in [-0.15, -0.1) is 0 Å². The molecule has 5 heteroatoms. The number of aromatic nitrogens is 1. The summed E-state index contributed by atoms with van der Waals surface area (Å²) in [5.41, 5.74) is 13.0. The highest BCUT2D eigenvalue weighted by Gasteiger charge is 2.26. The van der Waals surface area contributed by atoms with Crippen LogP contribution in [0.4, 0.5) is 0 Å². The Hall–Kier alpha value is -7.21. The molecule has 10 aromatic rings. The SMILES string of the molecule is c1ccc(C2=NC(c3cccc(-n4c5ccc(-c6ccccc6)cc5c5cc(-c6cccc7c6oc6ccccc67)ccc54)c3)NC(c3ccccc3)N2)cc1. The summed E-state index contributed by atoms with van der Waals surface area (Å²) in [5, 5.41) is 12.1. The molecule has 8 aromatic carbocycles. The molecule has 11 rings (SSSR count). The fourth-order valence-corrected chi connectivity index (χ4v) is 8.38. The fraction of sp³-hybridized carbons (Fsp3) is 0.0392. The fourth-order valence-electron chi connectivity index (χ4n) is 8.38. The van der Waals surface area contributed by atoms with Gasteiger partial charge >= 0.3 is 0 Å². The van der Waals surface area contributed by atoms with Crippen molar-refractivity contribution in [2.75, 3.05) is 0 Å². The van der Waals surface area contributed by atoms with Crippen molar-refractivity contribution in [3.05, 3.63) is 211 Å². The molecule has 0 aliphatic carbocycles. The Kier molecular flexibility index (Phi) is 7.64. The Labute approximate surface area is 324 Å². The first-order valence-electron chi connectivity index (χ1n) is 19.1. The summed E-state index contributed by atoms with van der Waals surface area (Å²) in [6.07, 6.45) is -0.387. The molecule has 5 nitrogen and oxygen atoms in total. The van der Waals surface area contributed by atoms with Crippen molar-refractivity contribution in [1.82, 2.24) is 15.2 Å². The molecule has 3 heterocycles. The van der Waals surface area contributed by atoms with Crippen LogP contribution in [0, 0.1) is 0 Å². The van der Waals surface area contributed by atoms with Gasteiger partial charge in [-0.05, 0) is 70.3 Å². The van der Waals surface area contributed by atoms with Gasteiger partial charge < -0.3 is 14.3 Å². The summed E-state index contributed by atoms with van der Waals surface area (Å²) in [5.74, 6) is 0.867. The number of rotatable bonds is 6. The van der Waals surface area contributed by atoms with Crippen LogP contribution < -0.4 is 10.6 Å². The number of amidine groups is 1. The molecule has 0 saturated carbocycles. The van der Waals surface area contributed by atoms with Crippen molar-refractivity contribution in [2.24, 2.45) is 4.99 Å². The summed E-state index contributed by atoms with van der Waals surface area (Å²) in [6.45, 7) is 0. The highest BCUT2D eigenvalue weighted by molar-refractivity contribution is 6.14. The van der Waals surface area contributed by atoms with E-state index in [0.717, 1.165) is 72.3 Å². The van der Waals surface area contributed by atoms with Gasteiger partial charge in [-0.3, -0.25) is 5.32 Å². The summed E-state index contributed by atoms with van der Waals surface area (Å²) >= 11 is 0. The molecule has 0 fully saturated rings. The Morgan fingerprint density at radius 3 is 1.88 bits per heavy atom. The van der Waals surface area contributed by atoms with Gasteiger partial charge in [0.15, 0.2) is 0 Å². The lowest BCUT2D eigenvalue weighted by Gasteiger charge is -2.32. The van der Waals surface area contributed by atoms with Crippen LogP contribution in [0.5, 0.6) is 0 Å². The maximum atomic E-state index is 6.51. The van der Waals surface area contributed by atoms with Gasteiger partial charge in [-0.25, -0.2) is 4.99 Å². The molecule has 2 N–H and O–H groups in total. The van der Waals surface area contributed by atoms with Crippen LogP contribution in [0.1, 0.15) is 29.0 Å². The van der Waals surface area contributed by atoms with Crippen molar-refractivity contribution in [1.29, 1.82) is 0 Å². The van der Waals surface area contributed by atoms with Crippen LogP contribution in [0.15, 0.2) is 204 Å². The number of aliphatic imine (C=N–C) groups is 1. The number of furan rings is 1. The predicted octanol–water partition coefficient (Wildman–Crippen LogP) is 12.4. The average Bonchev–Trinajstić information content (AvgIpc) is 3.82. The smallest absolute Gasteiger partial charge is 0.143 e. The molecule has 2 unspecified atom stereocenters. The van der Waals surface area contributed by atoms with E-state index < -0.39 is 0 Å². The lowest BCUT2D eigenvalue weighted by atomic mass is 9.99. The van der Waals surface area contributed by atoms with Crippen molar-refractivity contribution >= 4 is 49.6 Å². The third-order valence-electron chi connectivity index (χ3n) is 11.1. The summed E-state index contributed by atoms with van der Waals surface area (Å²) in [6, 6.07) is 68.7. The first kappa shape index (κ1) is 32.2. The maximum Gasteiger partial charge on any atom is 0.143 e. The minimum Gasteiger partial charge on any atom is -0.455 e. The lowest BCUT2D eigenvalue weighted by molar-refractivity contribution is 0.409. The van der Waals surface area contributed by atoms with Crippen LogP contribution in [-0.4, -0.2) is 10.4 Å². The monoisotopic (exact) mass is 720 g/mol. The molecule has 2 aromatic heterocycles. The largest absolute Gasteiger partial charge is 0.455 e. The van der Waals surface area contributed by atoms with E-state index in [0.29, 0.717) is 0 Å².